The van der Waals surface area contributed by atoms with Gasteiger partial charge in [-0.2, -0.15) is 0 Å². The summed E-state index contributed by atoms with van der Waals surface area (Å²) in [6.45, 7) is 2.73. The zero-order valence-electron chi connectivity index (χ0n) is 5.39. The van der Waals surface area contributed by atoms with Crippen LogP contribution in [0, 0.1) is 0 Å². The van der Waals surface area contributed by atoms with Gasteiger partial charge in [0.1, 0.15) is 0 Å². The van der Waals surface area contributed by atoms with E-state index in [-0.39, 0.29) is 6.10 Å². The average molecular weight is 136 g/mol. The first-order valence-electron chi connectivity index (χ1n) is 2.69. The lowest BCUT2D eigenvalue weighted by molar-refractivity contribution is 0.0621. The first kappa shape index (κ1) is 8.35. The molecule has 0 aliphatic carbocycles. The standard InChI is InChI=1S/C5H13O2P/c1-3-5(6-2)4-7-8/h5H,3-4,8H2,1-2H3. The smallest absolute Gasteiger partial charge is 0.0805 e. The first-order valence-corrected chi connectivity index (χ1v) is 3.16. The predicted molar refractivity (Wildman–Crippen MR) is 36.8 cm³/mol. The Morgan fingerprint density at radius 1 is 1.62 bits per heavy atom. The Bertz CT molecular complexity index is 45.7. The minimum absolute atomic E-state index is 0.257. The summed E-state index contributed by atoms with van der Waals surface area (Å²) in [5, 5.41) is 0. The van der Waals surface area contributed by atoms with Gasteiger partial charge in [-0.25, -0.2) is 0 Å². The zero-order chi connectivity index (χ0) is 6.41. The number of hydrogen-bond acceptors (Lipinski definition) is 2. The van der Waals surface area contributed by atoms with E-state index >= 15 is 0 Å². The minimum Gasteiger partial charge on any atom is -0.379 e. The largest absolute Gasteiger partial charge is 0.379 e. The van der Waals surface area contributed by atoms with Gasteiger partial charge in [0.15, 0.2) is 0 Å². The Hall–Kier alpha value is 0.350. The number of methoxy groups -OCH3 is 1. The monoisotopic (exact) mass is 136 g/mol. The van der Waals surface area contributed by atoms with Crippen molar-refractivity contribution in [2.75, 3.05) is 13.7 Å². The highest BCUT2D eigenvalue weighted by molar-refractivity contribution is 7.09. The predicted octanol–water partition coefficient (Wildman–Crippen LogP) is 1.22. The van der Waals surface area contributed by atoms with Crippen LogP contribution >= 0.6 is 9.47 Å². The second kappa shape index (κ2) is 5.49. The second-order valence-corrected chi connectivity index (χ2v) is 1.93. The summed E-state index contributed by atoms with van der Waals surface area (Å²) in [4.78, 5) is 0. The zero-order valence-corrected chi connectivity index (χ0v) is 6.54. The van der Waals surface area contributed by atoms with Crippen LogP contribution in [0.25, 0.3) is 0 Å². The Morgan fingerprint density at radius 2 is 2.25 bits per heavy atom. The molecule has 0 saturated carbocycles. The molecule has 0 radical (unpaired) electrons. The summed E-state index contributed by atoms with van der Waals surface area (Å²) in [5.74, 6) is 0. The fourth-order valence-electron chi connectivity index (χ4n) is 0.460. The third-order valence-corrected chi connectivity index (χ3v) is 1.26. The molecule has 3 heteroatoms. The highest BCUT2D eigenvalue weighted by Crippen LogP contribution is 1.98. The Kier molecular flexibility index (Phi) is 5.73. The maximum absolute atomic E-state index is 5.00. The molecule has 0 rings (SSSR count). The van der Waals surface area contributed by atoms with Gasteiger partial charge in [-0.05, 0) is 6.42 Å². The normalized spacial score (nSPS) is 13.9. The Morgan fingerprint density at radius 3 is 2.38 bits per heavy atom. The molecule has 0 heterocycles. The molecule has 0 amide bonds. The van der Waals surface area contributed by atoms with E-state index in [9.17, 15) is 0 Å². The molecule has 0 aromatic heterocycles. The highest BCUT2D eigenvalue weighted by atomic mass is 31.0. The lowest BCUT2D eigenvalue weighted by atomic mass is 10.3. The molecule has 0 aliphatic rings. The molecule has 0 bridgehead atoms. The van der Waals surface area contributed by atoms with Crippen LogP contribution in [0.5, 0.6) is 0 Å². The van der Waals surface area contributed by atoms with Gasteiger partial charge in [0.05, 0.1) is 12.7 Å². The molecule has 0 aromatic carbocycles. The molecule has 0 fully saturated rings. The van der Waals surface area contributed by atoms with Crippen LogP contribution < -0.4 is 0 Å². The molecule has 0 spiro atoms. The summed E-state index contributed by atoms with van der Waals surface area (Å²) >= 11 is 0. The van der Waals surface area contributed by atoms with Crippen LogP contribution in [0.3, 0.4) is 0 Å². The number of ether oxygens (including phenoxy) is 1. The fourth-order valence-corrected chi connectivity index (χ4v) is 0.675. The van der Waals surface area contributed by atoms with E-state index in [1.165, 1.54) is 0 Å². The van der Waals surface area contributed by atoms with Crippen molar-refractivity contribution in [1.82, 2.24) is 0 Å². The van der Waals surface area contributed by atoms with E-state index in [4.69, 9.17) is 9.26 Å². The molecular formula is C5H13O2P. The third kappa shape index (κ3) is 3.36. The van der Waals surface area contributed by atoms with Crippen molar-refractivity contribution in [2.45, 2.75) is 19.4 Å². The Balaban J connectivity index is 3.07. The maximum atomic E-state index is 5.00. The van der Waals surface area contributed by atoms with Crippen LogP contribution in [0.2, 0.25) is 0 Å². The summed E-state index contributed by atoms with van der Waals surface area (Å²) < 4.78 is 9.78. The van der Waals surface area contributed by atoms with E-state index in [1.807, 2.05) is 0 Å². The van der Waals surface area contributed by atoms with E-state index in [1.54, 1.807) is 7.11 Å². The van der Waals surface area contributed by atoms with Crippen LogP contribution in [0.1, 0.15) is 13.3 Å². The molecule has 2 atom stereocenters. The Labute approximate surface area is 52.8 Å². The van der Waals surface area contributed by atoms with Gasteiger partial charge in [-0.1, -0.05) is 6.92 Å². The van der Waals surface area contributed by atoms with Crippen molar-refractivity contribution < 1.29 is 9.26 Å². The van der Waals surface area contributed by atoms with Gasteiger partial charge >= 0.3 is 0 Å². The van der Waals surface area contributed by atoms with Gasteiger partial charge in [0.2, 0.25) is 0 Å². The average Bonchev–Trinajstić information content (AvgIpc) is 1.83. The molecule has 0 N–H and O–H groups in total. The molecular weight excluding hydrogens is 123 g/mol. The summed E-state index contributed by atoms with van der Waals surface area (Å²) in [7, 11) is 3.89. The molecule has 0 saturated heterocycles. The van der Waals surface area contributed by atoms with E-state index in [2.05, 4.69) is 16.4 Å². The van der Waals surface area contributed by atoms with Crippen LogP contribution in [0.15, 0.2) is 0 Å². The van der Waals surface area contributed by atoms with Gasteiger partial charge < -0.3 is 9.26 Å². The van der Waals surface area contributed by atoms with Crippen molar-refractivity contribution in [2.24, 2.45) is 0 Å². The van der Waals surface area contributed by atoms with Gasteiger partial charge in [-0.3, -0.25) is 0 Å². The summed E-state index contributed by atoms with van der Waals surface area (Å²) in [6, 6.07) is 0. The van der Waals surface area contributed by atoms with E-state index < -0.39 is 0 Å². The van der Waals surface area contributed by atoms with Crippen molar-refractivity contribution >= 4 is 9.47 Å². The summed E-state index contributed by atoms with van der Waals surface area (Å²) in [6.07, 6.45) is 1.26. The van der Waals surface area contributed by atoms with Crippen LogP contribution in [-0.2, 0) is 9.26 Å². The fraction of sp³-hybridized carbons (Fsp3) is 1.00. The van der Waals surface area contributed by atoms with Crippen molar-refractivity contribution in [3.05, 3.63) is 0 Å². The van der Waals surface area contributed by atoms with Gasteiger partial charge in [-0.15, -0.1) is 0 Å². The summed E-state index contributed by atoms with van der Waals surface area (Å²) in [5.41, 5.74) is 0. The third-order valence-electron chi connectivity index (χ3n) is 1.07. The van der Waals surface area contributed by atoms with Crippen molar-refractivity contribution in [3.8, 4) is 0 Å². The quantitative estimate of drug-likeness (QED) is 0.541. The molecule has 0 aliphatic heterocycles. The number of hydrogen-bond donors (Lipinski definition) is 0. The van der Waals surface area contributed by atoms with Crippen molar-refractivity contribution in [3.63, 3.8) is 0 Å². The van der Waals surface area contributed by atoms with Crippen LogP contribution in [-0.4, -0.2) is 19.8 Å². The topological polar surface area (TPSA) is 18.5 Å². The highest BCUT2D eigenvalue weighted by Gasteiger charge is 2.00. The minimum atomic E-state index is 0.257. The molecule has 2 nitrogen and oxygen atoms in total. The second-order valence-electron chi connectivity index (χ2n) is 1.60. The molecule has 2 unspecified atom stereocenters. The van der Waals surface area contributed by atoms with Gasteiger partial charge in [0, 0.05) is 16.6 Å². The van der Waals surface area contributed by atoms with Gasteiger partial charge in [0.25, 0.3) is 0 Å². The molecule has 0 aromatic rings. The molecule has 8 heavy (non-hydrogen) atoms. The number of rotatable bonds is 4. The SMILES string of the molecule is CCC(COP)OC. The first-order chi connectivity index (χ1) is 3.85. The lowest BCUT2D eigenvalue weighted by Crippen LogP contribution is -2.13. The van der Waals surface area contributed by atoms with Crippen molar-refractivity contribution in [1.29, 1.82) is 0 Å². The van der Waals surface area contributed by atoms with E-state index in [0.29, 0.717) is 6.61 Å². The molecule has 50 valence electrons. The van der Waals surface area contributed by atoms with Crippen LogP contribution in [0.4, 0.5) is 0 Å². The lowest BCUT2D eigenvalue weighted by Gasteiger charge is -2.09. The maximum Gasteiger partial charge on any atom is 0.0805 e. The van der Waals surface area contributed by atoms with E-state index in [0.717, 1.165) is 6.42 Å².